The van der Waals surface area contributed by atoms with Crippen LogP contribution in [0.5, 0.6) is 0 Å². The molecule has 0 fully saturated rings. The molecule has 0 bridgehead atoms. The van der Waals surface area contributed by atoms with Crippen LogP contribution < -0.4 is 10.6 Å². The molecule has 0 radical (unpaired) electrons. The fraction of sp³-hybridized carbons (Fsp3) is 0.286. The van der Waals surface area contributed by atoms with Crippen molar-refractivity contribution in [1.82, 2.24) is 20.6 Å². The third kappa shape index (κ3) is 5.19. The first kappa shape index (κ1) is 20.1. The van der Waals surface area contributed by atoms with Gasteiger partial charge in [-0.15, -0.1) is 0 Å². The lowest BCUT2D eigenvalue weighted by Crippen LogP contribution is -2.39. The van der Waals surface area contributed by atoms with Gasteiger partial charge in [0.05, 0.1) is 23.6 Å². The molecule has 0 aliphatic heterocycles. The van der Waals surface area contributed by atoms with Gasteiger partial charge in [-0.05, 0) is 48.7 Å². The summed E-state index contributed by atoms with van der Waals surface area (Å²) < 4.78 is 0.893. The molecule has 6 nitrogen and oxygen atoms in total. The maximum Gasteiger partial charge on any atom is 0.251 e. The molecule has 1 unspecified atom stereocenters. The Morgan fingerprint density at radius 1 is 1.11 bits per heavy atom. The summed E-state index contributed by atoms with van der Waals surface area (Å²) in [6.07, 6.45) is 0.742. The number of nitrogens with one attached hydrogen (secondary N) is 3. The molecule has 7 heteroatoms. The number of rotatable bonds is 7. The molecule has 2 amide bonds. The van der Waals surface area contributed by atoms with E-state index in [0.29, 0.717) is 11.5 Å². The molecule has 0 aliphatic rings. The average Bonchev–Trinajstić information content (AvgIpc) is 3.10. The first-order valence-corrected chi connectivity index (χ1v) is 9.99. The number of H-pyrrole nitrogens is 1. The molecule has 28 heavy (non-hydrogen) atoms. The van der Waals surface area contributed by atoms with Gasteiger partial charge in [-0.3, -0.25) is 9.59 Å². The molecule has 3 aromatic rings. The highest BCUT2D eigenvalue weighted by Gasteiger charge is 2.20. The third-order valence-electron chi connectivity index (χ3n) is 4.30. The van der Waals surface area contributed by atoms with Crippen molar-refractivity contribution in [3.05, 3.63) is 64.4 Å². The van der Waals surface area contributed by atoms with E-state index in [0.717, 1.165) is 27.8 Å². The Morgan fingerprint density at radius 3 is 2.50 bits per heavy atom. The highest BCUT2D eigenvalue weighted by molar-refractivity contribution is 9.10. The van der Waals surface area contributed by atoms with Gasteiger partial charge < -0.3 is 15.6 Å². The van der Waals surface area contributed by atoms with Gasteiger partial charge in [0.25, 0.3) is 5.91 Å². The van der Waals surface area contributed by atoms with Crippen molar-refractivity contribution in [2.75, 3.05) is 6.54 Å². The normalized spacial score (nSPS) is 12.1. The average molecular weight is 443 g/mol. The number of imidazole rings is 1. The summed E-state index contributed by atoms with van der Waals surface area (Å²) in [5, 5.41) is 5.64. The Balaban J connectivity index is 1.64. The van der Waals surface area contributed by atoms with Crippen LogP contribution in [0.2, 0.25) is 0 Å². The highest BCUT2D eigenvalue weighted by Crippen LogP contribution is 2.21. The fourth-order valence-corrected chi connectivity index (χ4v) is 3.22. The maximum atomic E-state index is 12.4. The minimum absolute atomic E-state index is 0.0935. The second kappa shape index (κ2) is 9.01. The van der Waals surface area contributed by atoms with Gasteiger partial charge >= 0.3 is 0 Å². The van der Waals surface area contributed by atoms with Crippen molar-refractivity contribution in [3.8, 4) is 0 Å². The van der Waals surface area contributed by atoms with Gasteiger partial charge in [0.15, 0.2) is 0 Å². The molecular weight excluding hydrogens is 420 g/mol. The van der Waals surface area contributed by atoms with Gasteiger partial charge in [0, 0.05) is 10.0 Å². The number of hydrogen-bond donors (Lipinski definition) is 3. The van der Waals surface area contributed by atoms with E-state index in [1.165, 1.54) is 0 Å². The summed E-state index contributed by atoms with van der Waals surface area (Å²) in [6, 6.07) is 14.5. The Bertz CT molecular complexity index is 933. The standard InChI is InChI=1S/C21H23BrN4O2/c1-13(2)11-18(20-25-16-5-3-4-6-17(16)26-20)24-19(27)12-23-21(28)14-7-9-15(22)10-8-14/h3-10,13,18H,11-12H2,1-2H3,(H,23,28)(H,24,27)(H,25,26). The summed E-state index contributed by atoms with van der Waals surface area (Å²) in [5.74, 6) is 0.557. The molecule has 0 saturated heterocycles. The minimum atomic E-state index is -0.285. The van der Waals surface area contributed by atoms with Crippen LogP contribution in [0, 0.1) is 5.92 Å². The predicted molar refractivity (Wildman–Crippen MR) is 113 cm³/mol. The Kier molecular flexibility index (Phi) is 6.46. The molecule has 1 atom stereocenters. The zero-order chi connectivity index (χ0) is 20.1. The van der Waals surface area contributed by atoms with Crippen LogP contribution in [-0.2, 0) is 4.79 Å². The summed E-state index contributed by atoms with van der Waals surface area (Å²) >= 11 is 3.33. The Morgan fingerprint density at radius 2 is 1.82 bits per heavy atom. The minimum Gasteiger partial charge on any atom is -0.345 e. The topological polar surface area (TPSA) is 86.9 Å². The number of amides is 2. The lowest BCUT2D eigenvalue weighted by Gasteiger charge is -2.19. The molecule has 3 rings (SSSR count). The number of aromatic amines is 1. The number of nitrogens with zero attached hydrogens (tertiary/aromatic N) is 1. The molecule has 0 aliphatic carbocycles. The fourth-order valence-electron chi connectivity index (χ4n) is 2.96. The van der Waals surface area contributed by atoms with Gasteiger partial charge in [-0.2, -0.15) is 0 Å². The lowest BCUT2D eigenvalue weighted by atomic mass is 10.0. The second-order valence-electron chi connectivity index (χ2n) is 7.08. The van der Waals surface area contributed by atoms with Gasteiger partial charge in [-0.25, -0.2) is 4.98 Å². The van der Waals surface area contributed by atoms with E-state index >= 15 is 0 Å². The van der Waals surface area contributed by atoms with Crippen molar-refractivity contribution in [2.24, 2.45) is 5.92 Å². The summed E-state index contributed by atoms with van der Waals surface area (Å²) in [4.78, 5) is 32.5. The Hall–Kier alpha value is -2.67. The van der Waals surface area contributed by atoms with Crippen molar-refractivity contribution in [2.45, 2.75) is 26.3 Å². The quantitative estimate of drug-likeness (QED) is 0.517. The number of fused-ring (bicyclic) bond motifs is 1. The third-order valence-corrected chi connectivity index (χ3v) is 4.82. The van der Waals surface area contributed by atoms with E-state index in [1.54, 1.807) is 24.3 Å². The van der Waals surface area contributed by atoms with E-state index in [4.69, 9.17) is 0 Å². The van der Waals surface area contributed by atoms with Crippen LogP contribution in [0.1, 0.15) is 42.5 Å². The SMILES string of the molecule is CC(C)CC(NC(=O)CNC(=O)c1ccc(Br)cc1)c1nc2ccccc2[nH]1. The van der Waals surface area contributed by atoms with Gasteiger partial charge in [-0.1, -0.05) is 41.9 Å². The number of carbonyl (C=O) groups excluding carboxylic acids is 2. The first-order valence-electron chi connectivity index (χ1n) is 9.20. The monoisotopic (exact) mass is 442 g/mol. The number of para-hydroxylation sites is 2. The van der Waals surface area contributed by atoms with Crippen LogP contribution in [0.4, 0.5) is 0 Å². The van der Waals surface area contributed by atoms with Crippen LogP contribution >= 0.6 is 15.9 Å². The van der Waals surface area contributed by atoms with Gasteiger partial charge in [0.2, 0.25) is 5.91 Å². The van der Waals surface area contributed by atoms with E-state index in [-0.39, 0.29) is 24.4 Å². The largest absolute Gasteiger partial charge is 0.345 e. The zero-order valence-electron chi connectivity index (χ0n) is 15.8. The Labute approximate surface area is 172 Å². The molecule has 2 aromatic carbocycles. The summed E-state index contributed by atoms with van der Waals surface area (Å²) in [7, 11) is 0. The number of carbonyl (C=O) groups is 2. The smallest absolute Gasteiger partial charge is 0.251 e. The molecule has 146 valence electrons. The maximum absolute atomic E-state index is 12.4. The molecule has 0 saturated carbocycles. The van der Waals surface area contributed by atoms with Crippen molar-refractivity contribution in [3.63, 3.8) is 0 Å². The van der Waals surface area contributed by atoms with Crippen LogP contribution in [0.25, 0.3) is 11.0 Å². The van der Waals surface area contributed by atoms with Crippen LogP contribution in [-0.4, -0.2) is 28.3 Å². The van der Waals surface area contributed by atoms with E-state index < -0.39 is 0 Å². The second-order valence-corrected chi connectivity index (χ2v) is 7.99. The van der Waals surface area contributed by atoms with E-state index in [2.05, 4.69) is 50.4 Å². The predicted octanol–water partition coefficient (Wildman–Crippen LogP) is 3.96. The van der Waals surface area contributed by atoms with E-state index in [9.17, 15) is 9.59 Å². The van der Waals surface area contributed by atoms with Crippen molar-refractivity contribution >= 4 is 38.8 Å². The number of halogens is 1. The molecule has 1 aromatic heterocycles. The molecular formula is C21H23BrN4O2. The van der Waals surface area contributed by atoms with Crippen LogP contribution in [0.15, 0.2) is 53.0 Å². The number of aromatic nitrogens is 2. The van der Waals surface area contributed by atoms with E-state index in [1.807, 2.05) is 24.3 Å². The van der Waals surface area contributed by atoms with Crippen molar-refractivity contribution in [1.29, 1.82) is 0 Å². The number of benzene rings is 2. The van der Waals surface area contributed by atoms with Crippen LogP contribution in [0.3, 0.4) is 0 Å². The van der Waals surface area contributed by atoms with Crippen molar-refractivity contribution < 1.29 is 9.59 Å². The molecule has 1 heterocycles. The lowest BCUT2D eigenvalue weighted by molar-refractivity contribution is -0.121. The number of hydrogen-bond acceptors (Lipinski definition) is 3. The zero-order valence-corrected chi connectivity index (χ0v) is 17.4. The summed E-state index contributed by atoms with van der Waals surface area (Å²) in [6.45, 7) is 4.10. The molecule has 3 N–H and O–H groups in total. The summed E-state index contributed by atoms with van der Waals surface area (Å²) in [5.41, 5.74) is 2.31. The first-order chi connectivity index (χ1) is 13.4. The van der Waals surface area contributed by atoms with Gasteiger partial charge in [0.1, 0.15) is 5.82 Å². The highest BCUT2D eigenvalue weighted by atomic mass is 79.9. The molecule has 0 spiro atoms.